The number of imidazole rings is 1. The van der Waals surface area contributed by atoms with Crippen LogP contribution in [0.25, 0.3) is 22.7 Å². The van der Waals surface area contributed by atoms with Gasteiger partial charge in [0.15, 0.2) is 0 Å². The zero-order chi connectivity index (χ0) is 26.5. The van der Waals surface area contributed by atoms with Gasteiger partial charge in [0.2, 0.25) is 0 Å². The highest BCUT2D eigenvalue weighted by molar-refractivity contribution is 5.96. The van der Waals surface area contributed by atoms with Crippen molar-refractivity contribution in [2.75, 3.05) is 39.5 Å². The van der Waals surface area contributed by atoms with Gasteiger partial charge in [0.25, 0.3) is 0 Å². The van der Waals surface area contributed by atoms with E-state index in [1.54, 1.807) is 10.6 Å². The molecule has 0 amide bonds. The molecule has 3 heterocycles. The van der Waals surface area contributed by atoms with Crippen molar-refractivity contribution >= 4 is 22.7 Å². The lowest BCUT2D eigenvalue weighted by Crippen LogP contribution is -2.37. The highest BCUT2D eigenvalue weighted by Gasteiger charge is 2.21. The van der Waals surface area contributed by atoms with Crippen LogP contribution in [0, 0.1) is 18.2 Å². The lowest BCUT2D eigenvalue weighted by Gasteiger charge is -2.26. The molecule has 7 heteroatoms. The van der Waals surface area contributed by atoms with Gasteiger partial charge in [-0.15, -0.1) is 12.3 Å². The summed E-state index contributed by atoms with van der Waals surface area (Å²) in [5.74, 6) is 2.84. The van der Waals surface area contributed by atoms with E-state index in [0.29, 0.717) is 18.7 Å². The Morgan fingerprint density at radius 1 is 1.16 bits per heavy atom. The predicted octanol–water partition coefficient (Wildman–Crippen LogP) is 5.02. The number of fused-ring (bicyclic) bond motifs is 2. The first-order valence-electron chi connectivity index (χ1n) is 13.0. The number of aromatic amines is 1. The second-order valence-electron chi connectivity index (χ2n) is 9.55. The highest BCUT2D eigenvalue weighted by atomic mass is 19.1. The van der Waals surface area contributed by atoms with Crippen LogP contribution >= 0.6 is 0 Å². The Morgan fingerprint density at radius 3 is 2.79 bits per heavy atom. The van der Waals surface area contributed by atoms with Gasteiger partial charge in [-0.1, -0.05) is 18.2 Å². The van der Waals surface area contributed by atoms with Crippen LogP contribution in [0.1, 0.15) is 30.9 Å². The summed E-state index contributed by atoms with van der Waals surface area (Å²) in [5.41, 5.74) is 6.06. The maximum Gasteiger partial charge on any atom is 0.326 e. The van der Waals surface area contributed by atoms with E-state index in [0.717, 1.165) is 78.1 Å². The number of nitrogens with zero attached hydrogens (tertiary/aromatic N) is 2. The normalized spacial score (nSPS) is 17.6. The number of hydrogen-bond acceptors (Lipinski definition) is 4. The summed E-state index contributed by atoms with van der Waals surface area (Å²) in [6.07, 6.45) is 13.0. The van der Waals surface area contributed by atoms with Crippen LogP contribution in [0.3, 0.4) is 0 Å². The molecule has 0 aliphatic carbocycles. The van der Waals surface area contributed by atoms with Crippen LogP contribution in [0.5, 0.6) is 5.75 Å². The average molecular weight is 514 g/mol. The Morgan fingerprint density at radius 2 is 2.00 bits per heavy atom. The number of allylic oxidation sites excluding steroid dienone is 4. The quantitative estimate of drug-likeness (QED) is 0.451. The van der Waals surface area contributed by atoms with E-state index >= 15 is 0 Å². The van der Waals surface area contributed by atoms with Gasteiger partial charge in [0.05, 0.1) is 24.2 Å². The molecular weight excluding hydrogens is 481 g/mol. The zero-order valence-electron chi connectivity index (χ0n) is 21.6. The number of nitrogens with one attached hydrogen (secondary N) is 1. The Bertz CT molecular complexity index is 1510. The van der Waals surface area contributed by atoms with Crippen LogP contribution < -0.4 is 10.4 Å². The number of morpholine rings is 1. The second kappa shape index (κ2) is 11.7. The topological polar surface area (TPSA) is 59.5 Å². The van der Waals surface area contributed by atoms with Crippen molar-refractivity contribution in [1.29, 1.82) is 0 Å². The summed E-state index contributed by atoms with van der Waals surface area (Å²) in [6, 6.07) is 10.5. The molecule has 38 heavy (non-hydrogen) atoms. The van der Waals surface area contributed by atoms with Crippen LogP contribution in [0.15, 0.2) is 64.5 Å². The van der Waals surface area contributed by atoms with E-state index in [9.17, 15) is 9.18 Å². The fourth-order valence-corrected chi connectivity index (χ4v) is 5.15. The van der Waals surface area contributed by atoms with Gasteiger partial charge in [-0.25, -0.2) is 9.18 Å². The van der Waals surface area contributed by atoms with Gasteiger partial charge >= 0.3 is 5.69 Å². The smallest absolute Gasteiger partial charge is 0.326 e. The molecule has 196 valence electrons. The van der Waals surface area contributed by atoms with Crippen molar-refractivity contribution in [2.45, 2.75) is 26.3 Å². The minimum absolute atomic E-state index is 0.110. The van der Waals surface area contributed by atoms with Crippen molar-refractivity contribution in [2.24, 2.45) is 0 Å². The predicted molar refractivity (Wildman–Crippen MR) is 149 cm³/mol. The second-order valence-corrected chi connectivity index (χ2v) is 9.55. The van der Waals surface area contributed by atoms with E-state index in [4.69, 9.17) is 15.9 Å². The highest BCUT2D eigenvalue weighted by Crippen LogP contribution is 2.39. The molecule has 0 unspecified atom stereocenters. The molecule has 0 saturated carbocycles. The molecule has 1 N–H and O–H groups in total. The molecule has 0 radical (unpaired) electrons. The molecule has 6 nitrogen and oxygen atoms in total. The molecule has 1 saturated heterocycles. The van der Waals surface area contributed by atoms with Gasteiger partial charge in [-0.2, -0.15) is 0 Å². The molecule has 3 aromatic rings. The number of rotatable bonds is 7. The molecule has 0 atom stereocenters. The third-order valence-corrected chi connectivity index (χ3v) is 7.02. The van der Waals surface area contributed by atoms with Crippen molar-refractivity contribution in [3.63, 3.8) is 0 Å². The minimum atomic E-state index is -0.356. The molecular formula is C31H32FN3O3. The Kier molecular flexibility index (Phi) is 7.92. The average Bonchev–Trinajstić information content (AvgIpc) is 3.16. The standard InChI is InChI=1S/C31H32FN3O3/c1-3-6-23-21-38-30-20-24(32)9-10-26(30)27(25(23)7-4-2)18-22-8-11-29-28(19-22)33-31(36)35(29)13-5-12-34-14-16-37-17-15-34/h1,4,7-11,18-20H,5-6,12-17,21H2,2H3,(H,33,36)/b7-4-,27-18+. The first kappa shape index (κ1) is 25.8. The Hall–Kier alpha value is -3.86. The van der Waals surface area contributed by atoms with E-state index in [1.165, 1.54) is 12.1 Å². The van der Waals surface area contributed by atoms with Crippen LogP contribution in [-0.2, 0) is 11.3 Å². The molecule has 5 rings (SSSR count). The van der Waals surface area contributed by atoms with E-state index in [2.05, 4.69) is 15.8 Å². The number of aryl methyl sites for hydroxylation is 1. The van der Waals surface area contributed by atoms with Crippen molar-refractivity contribution < 1.29 is 13.9 Å². The lowest BCUT2D eigenvalue weighted by atomic mass is 9.91. The molecule has 2 aromatic carbocycles. The Labute approximate surface area is 222 Å². The van der Waals surface area contributed by atoms with Crippen LogP contribution in [-0.4, -0.2) is 53.9 Å². The van der Waals surface area contributed by atoms with E-state index < -0.39 is 0 Å². The van der Waals surface area contributed by atoms with Gasteiger partial charge in [-0.05, 0) is 66.0 Å². The van der Waals surface area contributed by atoms with E-state index in [-0.39, 0.29) is 18.1 Å². The number of hydrogen-bond donors (Lipinski definition) is 1. The Balaban J connectivity index is 1.50. The summed E-state index contributed by atoms with van der Waals surface area (Å²) in [5, 5.41) is 0. The van der Waals surface area contributed by atoms with Gasteiger partial charge in [-0.3, -0.25) is 9.47 Å². The van der Waals surface area contributed by atoms with Crippen molar-refractivity contribution in [3.05, 3.63) is 87.1 Å². The van der Waals surface area contributed by atoms with Gasteiger partial charge in [0.1, 0.15) is 18.2 Å². The third kappa shape index (κ3) is 5.52. The molecule has 2 aliphatic heterocycles. The first-order chi connectivity index (χ1) is 18.6. The maximum absolute atomic E-state index is 14.1. The fourth-order valence-electron chi connectivity index (χ4n) is 5.15. The summed E-state index contributed by atoms with van der Waals surface area (Å²) < 4.78 is 27.3. The third-order valence-electron chi connectivity index (χ3n) is 7.02. The van der Waals surface area contributed by atoms with Crippen LogP contribution in [0.4, 0.5) is 4.39 Å². The summed E-state index contributed by atoms with van der Waals surface area (Å²) in [4.78, 5) is 18.2. The van der Waals surface area contributed by atoms with Crippen LogP contribution in [0.2, 0.25) is 0 Å². The van der Waals surface area contributed by atoms with E-state index in [1.807, 2.05) is 43.4 Å². The lowest BCUT2D eigenvalue weighted by molar-refractivity contribution is 0.0369. The first-order valence-corrected chi connectivity index (χ1v) is 13.0. The largest absolute Gasteiger partial charge is 0.488 e. The molecule has 0 bridgehead atoms. The zero-order valence-corrected chi connectivity index (χ0v) is 21.6. The molecule has 1 fully saturated rings. The van der Waals surface area contributed by atoms with Crippen molar-refractivity contribution in [3.8, 4) is 18.1 Å². The number of ether oxygens (including phenoxy) is 2. The molecule has 0 spiro atoms. The number of H-pyrrole nitrogens is 1. The number of halogens is 1. The molecule has 2 aliphatic rings. The van der Waals surface area contributed by atoms with Gasteiger partial charge in [0, 0.05) is 44.2 Å². The monoisotopic (exact) mass is 513 g/mol. The fraction of sp³-hybridized carbons (Fsp3) is 0.323. The summed E-state index contributed by atoms with van der Waals surface area (Å²) >= 11 is 0. The molecule has 1 aromatic heterocycles. The minimum Gasteiger partial charge on any atom is -0.488 e. The number of aromatic nitrogens is 2. The number of benzene rings is 2. The van der Waals surface area contributed by atoms with Crippen molar-refractivity contribution in [1.82, 2.24) is 14.5 Å². The summed E-state index contributed by atoms with van der Waals surface area (Å²) in [7, 11) is 0. The number of terminal acetylenes is 1. The maximum atomic E-state index is 14.1. The van der Waals surface area contributed by atoms with Gasteiger partial charge < -0.3 is 14.5 Å². The SMILES string of the molecule is C#CCC1=C(/C=C\C)/C(=C\c2ccc3c(c2)[nH]c(=O)n3CCCN2CCOCC2)c2ccc(F)cc2OC1. The summed E-state index contributed by atoms with van der Waals surface area (Å²) in [6.45, 7) is 7.25.